The van der Waals surface area contributed by atoms with Crippen LogP contribution in [0.25, 0.3) is 11.7 Å². The molecule has 1 fully saturated rings. The zero-order valence-corrected chi connectivity index (χ0v) is 13.8. The molecule has 122 valence electrons. The van der Waals surface area contributed by atoms with Crippen LogP contribution in [-0.2, 0) is 6.54 Å². The minimum absolute atomic E-state index is 0.439. The fourth-order valence-corrected chi connectivity index (χ4v) is 3.73. The first-order valence-electron chi connectivity index (χ1n) is 7.82. The van der Waals surface area contributed by atoms with Gasteiger partial charge in [-0.15, -0.1) is 10.2 Å². The van der Waals surface area contributed by atoms with Crippen molar-refractivity contribution in [3.8, 4) is 11.7 Å². The second-order valence-electron chi connectivity index (χ2n) is 5.79. The number of aliphatic imine (C=N–C) groups is 1. The van der Waals surface area contributed by atoms with Gasteiger partial charge in [-0.2, -0.15) is 0 Å². The maximum atomic E-state index is 5.67. The molecule has 0 N–H and O–H groups in total. The van der Waals surface area contributed by atoms with Gasteiger partial charge in [0.1, 0.15) is 0 Å². The lowest BCUT2D eigenvalue weighted by molar-refractivity contribution is 0.164. The standard InChI is InChI=1S/C15H19N5O2S/c1-11-9-16-15(23-11)20-6-4-19(5-7-20)10-13-17-18-14(22-13)12-3-2-8-21-12/h2-3,8,11H,4-7,9-10H2,1H3. The molecular formula is C15H19N5O2S. The Bertz CT molecular complexity index is 676. The molecule has 0 amide bonds. The largest absolute Gasteiger partial charge is 0.459 e. The van der Waals surface area contributed by atoms with Crippen LogP contribution in [0.3, 0.4) is 0 Å². The number of piperazine rings is 1. The van der Waals surface area contributed by atoms with Gasteiger partial charge in [0.25, 0.3) is 5.89 Å². The monoisotopic (exact) mass is 333 g/mol. The van der Waals surface area contributed by atoms with Crippen LogP contribution in [0.4, 0.5) is 0 Å². The molecule has 0 radical (unpaired) electrons. The van der Waals surface area contributed by atoms with Crippen LogP contribution >= 0.6 is 11.8 Å². The predicted octanol–water partition coefficient (Wildman–Crippen LogP) is 1.94. The second kappa shape index (κ2) is 6.37. The van der Waals surface area contributed by atoms with Gasteiger partial charge in [0, 0.05) is 31.4 Å². The van der Waals surface area contributed by atoms with E-state index in [4.69, 9.17) is 8.83 Å². The molecule has 2 aromatic rings. The van der Waals surface area contributed by atoms with Crippen LogP contribution in [0.5, 0.6) is 0 Å². The zero-order valence-electron chi connectivity index (χ0n) is 13.0. The topological polar surface area (TPSA) is 70.9 Å². The SMILES string of the molecule is CC1CN=C(N2CCN(Cc3nnc(-c4ccco4)o3)CC2)S1. The summed E-state index contributed by atoms with van der Waals surface area (Å²) >= 11 is 1.89. The van der Waals surface area contributed by atoms with Crippen LogP contribution < -0.4 is 0 Å². The third kappa shape index (κ3) is 3.28. The average molecular weight is 333 g/mol. The van der Waals surface area contributed by atoms with Crippen molar-refractivity contribution in [3.05, 3.63) is 24.3 Å². The summed E-state index contributed by atoms with van der Waals surface area (Å²) in [6.07, 6.45) is 1.60. The van der Waals surface area contributed by atoms with E-state index < -0.39 is 0 Å². The summed E-state index contributed by atoms with van der Waals surface area (Å²) in [6, 6.07) is 3.63. The Kier molecular flexibility index (Phi) is 4.09. The number of hydrogen-bond donors (Lipinski definition) is 0. The quantitative estimate of drug-likeness (QED) is 0.850. The van der Waals surface area contributed by atoms with E-state index in [0.29, 0.717) is 29.3 Å². The molecule has 2 aromatic heterocycles. The van der Waals surface area contributed by atoms with Gasteiger partial charge >= 0.3 is 0 Å². The first-order valence-corrected chi connectivity index (χ1v) is 8.70. The Balaban J connectivity index is 1.31. The third-order valence-electron chi connectivity index (χ3n) is 3.99. The summed E-state index contributed by atoms with van der Waals surface area (Å²) in [4.78, 5) is 9.33. The molecule has 4 rings (SSSR count). The van der Waals surface area contributed by atoms with E-state index in [9.17, 15) is 0 Å². The van der Waals surface area contributed by atoms with Gasteiger partial charge in [-0.25, -0.2) is 0 Å². The van der Waals surface area contributed by atoms with Crippen molar-refractivity contribution in [3.63, 3.8) is 0 Å². The lowest BCUT2D eigenvalue weighted by Crippen LogP contribution is -2.47. The molecule has 8 heteroatoms. The van der Waals surface area contributed by atoms with Crippen LogP contribution in [0.2, 0.25) is 0 Å². The fraction of sp³-hybridized carbons (Fsp3) is 0.533. The van der Waals surface area contributed by atoms with Gasteiger partial charge in [0.05, 0.1) is 19.4 Å². The molecule has 1 saturated heterocycles. The average Bonchev–Trinajstić information content (AvgIpc) is 3.28. The predicted molar refractivity (Wildman–Crippen MR) is 88.2 cm³/mol. The first kappa shape index (κ1) is 14.8. The van der Waals surface area contributed by atoms with Crippen molar-refractivity contribution in [1.29, 1.82) is 0 Å². The van der Waals surface area contributed by atoms with Gasteiger partial charge in [-0.1, -0.05) is 18.7 Å². The smallest absolute Gasteiger partial charge is 0.283 e. The molecule has 0 aliphatic carbocycles. The summed E-state index contributed by atoms with van der Waals surface area (Å²) in [7, 11) is 0. The van der Waals surface area contributed by atoms with E-state index in [0.717, 1.165) is 32.7 Å². The van der Waals surface area contributed by atoms with Gasteiger partial charge < -0.3 is 13.7 Å². The normalized spacial score (nSPS) is 22.6. The molecule has 7 nitrogen and oxygen atoms in total. The van der Waals surface area contributed by atoms with Crippen molar-refractivity contribution < 1.29 is 8.83 Å². The van der Waals surface area contributed by atoms with E-state index in [-0.39, 0.29) is 0 Å². The Labute approximate surface area is 138 Å². The number of nitrogens with zero attached hydrogens (tertiary/aromatic N) is 5. The molecular weight excluding hydrogens is 314 g/mol. The van der Waals surface area contributed by atoms with Crippen molar-refractivity contribution in [2.24, 2.45) is 4.99 Å². The molecule has 4 heterocycles. The van der Waals surface area contributed by atoms with Gasteiger partial charge in [0.15, 0.2) is 10.9 Å². The third-order valence-corrected chi connectivity index (χ3v) is 5.14. The lowest BCUT2D eigenvalue weighted by Gasteiger charge is -2.34. The number of amidine groups is 1. The molecule has 2 aliphatic heterocycles. The highest BCUT2D eigenvalue weighted by Gasteiger charge is 2.25. The molecule has 1 unspecified atom stereocenters. The fourth-order valence-electron chi connectivity index (χ4n) is 2.74. The Morgan fingerprint density at radius 3 is 2.83 bits per heavy atom. The van der Waals surface area contributed by atoms with E-state index in [1.807, 2.05) is 23.9 Å². The highest BCUT2D eigenvalue weighted by molar-refractivity contribution is 8.14. The summed E-state index contributed by atoms with van der Waals surface area (Å²) in [5, 5.41) is 9.97. The van der Waals surface area contributed by atoms with E-state index in [1.54, 1.807) is 6.26 Å². The maximum absolute atomic E-state index is 5.67. The van der Waals surface area contributed by atoms with Crippen LogP contribution in [-0.4, -0.2) is 63.1 Å². The Morgan fingerprint density at radius 2 is 2.13 bits per heavy atom. The van der Waals surface area contributed by atoms with Crippen LogP contribution in [0.1, 0.15) is 12.8 Å². The summed E-state index contributed by atoms with van der Waals surface area (Å²) in [5.41, 5.74) is 0. The minimum atomic E-state index is 0.439. The second-order valence-corrected chi connectivity index (χ2v) is 7.20. The lowest BCUT2D eigenvalue weighted by atomic mass is 10.3. The van der Waals surface area contributed by atoms with Crippen molar-refractivity contribution >= 4 is 16.9 Å². The van der Waals surface area contributed by atoms with Crippen molar-refractivity contribution in [1.82, 2.24) is 20.0 Å². The Hall–Kier alpha value is -1.80. The van der Waals surface area contributed by atoms with E-state index in [2.05, 4.69) is 31.9 Å². The summed E-state index contributed by atoms with van der Waals surface area (Å²) in [5.74, 6) is 1.68. The summed E-state index contributed by atoms with van der Waals surface area (Å²) < 4.78 is 10.9. The highest BCUT2D eigenvalue weighted by atomic mass is 32.2. The number of furan rings is 1. The van der Waals surface area contributed by atoms with Crippen molar-refractivity contribution in [2.75, 3.05) is 32.7 Å². The number of aromatic nitrogens is 2. The summed E-state index contributed by atoms with van der Waals surface area (Å²) in [6.45, 7) is 7.80. The Morgan fingerprint density at radius 1 is 1.26 bits per heavy atom. The molecule has 2 aliphatic rings. The van der Waals surface area contributed by atoms with E-state index in [1.165, 1.54) is 5.17 Å². The molecule has 1 atom stereocenters. The van der Waals surface area contributed by atoms with Gasteiger partial charge in [-0.3, -0.25) is 9.89 Å². The maximum Gasteiger partial charge on any atom is 0.283 e. The number of hydrogen-bond acceptors (Lipinski definition) is 8. The number of rotatable bonds is 3. The molecule has 23 heavy (non-hydrogen) atoms. The molecule has 0 spiro atoms. The van der Waals surface area contributed by atoms with Crippen LogP contribution in [0.15, 0.2) is 32.2 Å². The molecule has 0 saturated carbocycles. The highest BCUT2D eigenvalue weighted by Crippen LogP contribution is 2.24. The van der Waals surface area contributed by atoms with Gasteiger partial charge in [-0.05, 0) is 12.1 Å². The van der Waals surface area contributed by atoms with Crippen molar-refractivity contribution in [2.45, 2.75) is 18.7 Å². The zero-order chi connectivity index (χ0) is 15.6. The minimum Gasteiger partial charge on any atom is -0.459 e. The van der Waals surface area contributed by atoms with E-state index >= 15 is 0 Å². The molecule has 0 aromatic carbocycles. The van der Waals surface area contributed by atoms with Crippen LogP contribution in [0, 0.1) is 0 Å². The van der Waals surface area contributed by atoms with Gasteiger partial charge in [0.2, 0.25) is 5.89 Å². The number of thioether (sulfide) groups is 1. The molecule has 0 bridgehead atoms. The first-order chi connectivity index (χ1) is 11.3.